The molecule has 0 aliphatic carbocycles. The predicted molar refractivity (Wildman–Crippen MR) is 61.4 cm³/mol. The Balaban J connectivity index is 2.75. The molecule has 0 spiro atoms. The van der Waals surface area contributed by atoms with E-state index in [1.165, 1.54) is 11.3 Å². The summed E-state index contributed by atoms with van der Waals surface area (Å²) >= 11 is 19.1. The smallest absolute Gasteiger partial charge is 0.113 e. The number of thiophene rings is 1. The minimum Gasteiger partial charge on any atom is -0.122 e. The van der Waals surface area contributed by atoms with Gasteiger partial charge in [-0.1, -0.05) is 29.3 Å². The SMILES string of the molecule is ClCc1ccc2sc(Cl)c(Cl)c2c1. The van der Waals surface area contributed by atoms with Crippen molar-refractivity contribution in [2.45, 2.75) is 5.88 Å². The van der Waals surface area contributed by atoms with Gasteiger partial charge in [-0.2, -0.15) is 0 Å². The van der Waals surface area contributed by atoms with Gasteiger partial charge in [0, 0.05) is 16.0 Å². The highest BCUT2D eigenvalue weighted by molar-refractivity contribution is 7.23. The molecular formula is C9H5Cl3S. The maximum absolute atomic E-state index is 6.01. The lowest BCUT2D eigenvalue weighted by Gasteiger charge is -1.94. The van der Waals surface area contributed by atoms with Gasteiger partial charge in [-0.15, -0.1) is 22.9 Å². The molecular weight excluding hydrogens is 247 g/mol. The minimum absolute atomic E-state index is 0.500. The molecule has 0 N–H and O–H groups in total. The summed E-state index contributed by atoms with van der Waals surface area (Å²) in [4.78, 5) is 0. The summed E-state index contributed by atoms with van der Waals surface area (Å²) in [5, 5.41) is 1.63. The zero-order chi connectivity index (χ0) is 9.42. The van der Waals surface area contributed by atoms with Crippen molar-refractivity contribution in [2.24, 2.45) is 0 Å². The highest BCUT2D eigenvalue weighted by Gasteiger charge is 2.08. The molecule has 0 fully saturated rings. The van der Waals surface area contributed by atoms with E-state index in [1.807, 2.05) is 18.2 Å². The maximum atomic E-state index is 6.01. The molecule has 0 atom stereocenters. The second kappa shape index (κ2) is 3.66. The van der Waals surface area contributed by atoms with Gasteiger partial charge in [-0.25, -0.2) is 0 Å². The number of benzene rings is 1. The molecule has 1 heterocycles. The summed E-state index contributed by atoms with van der Waals surface area (Å²) in [6, 6.07) is 5.96. The number of fused-ring (bicyclic) bond motifs is 1. The van der Waals surface area contributed by atoms with Gasteiger partial charge in [0.25, 0.3) is 0 Å². The first-order chi connectivity index (χ1) is 6.22. The topological polar surface area (TPSA) is 0 Å². The molecule has 2 aromatic rings. The lowest BCUT2D eigenvalue weighted by Crippen LogP contribution is -1.74. The first-order valence-corrected chi connectivity index (χ1v) is 5.75. The molecule has 4 heteroatoms. The first kappa shape index (κ1) is 9.60. The number of alkyl halides is 1. The van der Waals surface area contributed by atoms with Gasteiger partial charge in [-0.3, -0.25) is 0 Å². The molecule has 0 unspecified atom stereocenters. The van der Waals surface area contributed by atoms with E-state index in [0.717, 1.165) is 15.6 Å². The molecule has 13 heavy (non-hydrogen) atoms. The molecule has 0 saturated carbocycles. The van der Waals surface area contributed by atoms with Crippen LogP contribution in [0.25, 0.3) is 10.1 Å². The Kier molecular flexibility index (Phi) is 2.70. The Morgan fingerprint density at radius 3 is 2.69 bits per heavy atom. The summed E-state index contributed by atoms with van der Waals surface area (Å²) in [7, 11) is 0. The first-order valence-electron chi connectivity index (χ1n) is 3.65. The summed E-state index contributed by atoms with van der Waals surface area (Å²) in [5.41, 5.74) is 1.06. The fourth-order valence-electron chi connectivity index (χ4n) is 1.17. The zero-order valence-electron chi connectivity index (χ0n) is 6.48. The van der Waals surface area contributed by atoms with Gasteiger partial charge in [0.15, 0.2) is 0 Å². The molecule has 68 valence electrons. The third-order valence-corrected chi connectivity index (χ3v) is 4.10. The van der Waals surface area contributed by atoms with Crippen molar-refractivity contribution in [1.29, 1.82) is 0 Å². The number of hydrogen-bond acceptors (Lipinski definition) is 1. The van der Waals surface area contributed by atoms with E-state index in [2.05, 4.69) is 0 Å². The van der Waals surface area contributed by atoms with Crippen molar-refractivity contribution < 1.29 is 0 Å². The fourth-order valence-corrected chi connectivity index (χ4v) is 2.81. The van der Waals surface area contributed by atoms with Crippen LogP contribution in [0, 0.1) is 0 Å². The van der Waals surface area contributed by atoms with E-state index < -0.39 is 0 Å². The molecule has 2 rings (SSSR count). The van der Waals surface area contributed by atoms with Crippen LogP contribution >= 0.6 is 46.1 Å². The average molecular weight is 252 g/mol. The summed E-state index contributed by atoms with van der Waals surface area (Å²) in [5.74, 6) is 0.500. The van der Waals surface area contributed by atoms with E-state index in [4.69, 9.17) is 34.8 Å². The number of halogens is 3. The van der Waals surface area contributed by atoms with E-state index in [-0.39, 0.29) is 0 Å². The standard InChI is InChI=1S/C9H5Cl3S/c10-4-5-1-2-7-6(3-5)8(11)9(12)13-7/h1-3H,4H2. The van der Waals surface area contributed by atoms with Gasteiger partial charge >= 0.3 is 0 Å². The maximum Gasteiger partial charge on any atom is 0.113 e. The Morgan fingerprint density at radius 2 is 2.00 bits per heavy atom. The molecule has 0 saturated heterocycles. The number of hydrogen-bond donors (Lipinski definition) is 0. The van der Waals surface area contributed by atoms with Crippen molar-refractivity contribution in [3.63, 3.8) is 0 Å². The molecule has 1 aromatic heterocycles. The quantitative estimate of drug-likeness (QED) is 0.629. The van der Waals surface area contributed by atoms with Crippen molar-refractivity contribution in [3.05, 3.63) is 33.1 Å². The van der Waals surface area contributed by atoms with Gasteiger partial charge in [0.1, 0.15) is 4.34 Å². The third-order valence-electron chi connectivity index (χ3n) is 1.81. The summed E-state index contributed by atoms with van der Waals surface area (Å²) in [6.07, 6.45) is 0. The molecule has 0 nitrogen and oxygen atoms in total. The molecule has 1 aromatic carbocycles. The average Bonchev–Trinajstić information content (AvgIpc) is 2.43. The summed E-state index contributed by atoms with van der Waals surface area (Å²) in [6.45, 7) is 0. The third kappa shape index (κ3) is 1.66. The lowest BCUT2D eigenvalue weighted by molar-refractivity contribution is 1.43. The van der Waals surface area contributed by atoms with Crippen LogP contribution in [0.5, 0.6) is 0 Å². The van der Waals surface area contributed by atoms with Crippen LogP contribution in [-0.2, 0) is 5.88 Å². The van der Waals surface area contributed by atoms with Crippen LogP contribution in [0.4, 0.5) is 0 Å². The Hall–Kier alpha value is 0.0500. The van der Waals surface area contributed by atoms with Crippen LogP contribution in [0.2, 0.25) is 9.36 Å². The highest BCUT2D eigenvalue weighted by Crippen LogP contribution is 2.39. The monoisotopic (exact) mass is 250 g/mol. The van der Waals surface area contributed by atoms with E-state index in [1.54, 1.807) is 0 Å². The molecule has 0 bridgehead atoms. The Morgan fingerprint density at radius 1 is 1.23 bits per heavy atom. The van der Waals surface area contributed by atoms with Gasteiger partial charge in [0.2, 0.25) is 0 Å². The van der Waals surface area contributed by atoms with E-state index >= 15 is 0 Å². The van der Waals surface area contributed by atoms with Crippen LogP contribution in [-0.4, -0.2) is 0 Å². The van der Waals surface area contributed by atoms with Gasteiger partial charge in [0.05, 0.1) is 5.02 Å². The van der Waals surface area contributed by atoms with Crippen molar-refractivity contribution >= 4 is 56.2 Å². The van der Waals surface area contributed by atoms with E-state index in [0.29, 0.717) is 15.2 Å². The van der Waals surface area contributed by atoms with Crippen LogP contribution < -0.4 is 0 Å². The highest BCUT2D eigenvalue weighted by atomic mass is 35.5. The zero-order valence-corrected chi connectivity index (χ0v) is 9.57. The Bertz CT molecular complexity index is 447. The molecule has 0 amide bonds. The van der Waals surface area contributed by atoms with Gasteiger partial charge < -0.3 is 0 Å². The predicted octanol–water partition coefficient (Wildman–Crippen LogP) is 4.95. The summed E-state index contributed by atoms with van der Waals surface area (Å²) < 4.78 is 1.74. The minimum atomic E-state index is 0.500. The number of rotatable bonds is 1. The van der Waals surface area contributed by atoms with Crippen molar-refractivity contribution in [1.82, 2.24) is 0 Å². The van der Waals surface area contributed by atoms with Crippen LogP contribution in [0.15, 0.2) is 18.2 Å². The van der Waals surface area contributed by atoms with Crippen molar-refractivity contribution in [2.75, 3.05) is 0 Å². The van der Waals surface area contributed by atoms with E-state index in [9.17, 15) is 0 Å². The van der Waals surface area contributed by atoms with Crippen LogP contribution in [0.1, 0.15) is 5.56 Å². The van der Waals surface area contributed by atoms with Crippen molar-refractivity contribution in [3.8, 4) is 0 Å². The van der Waals surface area contributed by atoms with Crippen LogP contribution in [0.3, 0.4) is 0 Å². The fraction of sp³-hybridized carbons (Fsp3) is 0.111. The molecule has 0 aliphatic heterocycles. The van der Waals surface area contributed by atoms with Gasteiger partial charge in [-0.05, 0) is 17.7 Å². The molecule has 0 aliphatic rings. The Labute approximate surface area is 95.0 Å². The molecule has 0 radical (unpaired) electrons. The second-order valence-electron chi connectivity index (χ2n) is 2.65. The normalized spacial score (nSPS) is 11.0. The lowest BCUT2D eigenvalue weighted by atomic mass is 10.2. The largest absolute Gasteiger partial charge is 0.122 e. The second-order valence-corrected chi connectivity index (χ2v) is 4.95.